The summed E-state index contributed by atoms with van der Waals surface area (Å²) < 4.78 is 30.8. The second-order valence-electron chi connectivity index (χ2n) is 3.46. The van der Waals surface area contributed by atoms with E-state index in [0.29, 0.717) is 6.61 Å². The summed E-state index contributed by atoms with van der Waals surface area (Å²) in [6.45, 7) is 2.25. The highest BCUT2D eigenvalue weighted by molar-refractivity contribution is 5.69. The van der Waals surface area contributed by atoms with Gasteiger partial charge in [-0.3, -0.25) is 4.79 Å². The fraction of sp³-hybridized carbons (Fsp3) is 0.417. The number of benzene rings is 1. The Kier molecular flexibility index (Phi) is 4.89. The summed E-state index contributed by atoms with van der Waals surface area (Å²) in [6, 6.07) is 3.21. The summed E-state index contributed by atoms with van der Waals surface area (Å²) in [5.74, 6) is -1.38. The van der Waals surface area contributed by atoms with Crippen molar-refractivity contribution in [1.29, 1.82) is 0 Å². The van der Waals surface area contributed by atoms with Gasteiger partial charge < -0.3 is 4.74 Å². The zero-order chi connectivity index (χ0) is 12.0. The summed E-state index contributed by atoms with van der Waals surface area (Å²) in [5, 5.41) is 0. The van der Waals surface area contributed by atoms with Gasteiger partial charge in [0.2, 0.25) is 0 Å². The van der Waals surface area contributed by atoms with Crippen molar-refractivity contribution in [3.63, 3.8) is 0 Å². The van der Waals surface area contributed by atoms with Crippen LogP contribution in [0.2, 0.25) is 0 Å². The van der Waals surface area contributed by atoms with E-state index < -0.39 is 11.6 Å². The molecule has 0 atom stereocenters. The van der Waals surface area contributed by atoms with E-state index in [1.807, 2.05) is 6.92 Å². The lowest BCUT2D eigenvalue weighted by molar-refractivity contribution is -0.143. The number of esters is 1. The summed E-state index contributed by atoms with van der Waals surface area (Å²) in [4.78, 5) is 11.1. The number of carbonyl (C=O) groups excluding carboxylic acids is 1. The Morgan fingerprint density at radius 1 is 1.38 bits per heavy atom. The summed E-state index contributed by atoms with van der Waals surface area (Å²) in [7, 11) is 0. The number of ether oxygens (including phenoxy) is 1. The number of hydrogen-bond acceptors (Lipinski definition) is 2. The van der Waals surface area contributed by atoms with E-state index in [4.69, 9.17) is 4.74 Å². The average Bonchev–Trinajstić information content (AvgIpc) is 2.27. The van der Waals surface area contributed by atoms with Gasteiger partial charge in [0.1, 0.15) is 11.6 Å². The maximum atomic E-state index is 13.2. The van der Waals surface area contributed by atoms with Gasteiger partial charge in [0, 0.05) is 6.42 Å². The van der Waals surface area contributed by atoms with Gasteiger partial charge >= 0.3 is 5.97 Å². The van der Waals surface area contributed by atoms with Crippen LogP contribution in [0.25, 0.3) is 0 Å². The molecule has 0 bridgehead atoms. The molecule has 16 heavy (non-hydrogen) atoms. The van der Waals surface area contributed by atoms with E-state index >= 15 is 0 Å². The quantitative estimate of drug-likeness (QED) is 0.724. The monoisotopic (exact) mass is 228 g/mol. The SMILES string of the molecule is CCCOC(=O)CCc1cc(F)ccc1F. The molecular formula is C12H14F2O2. The highest BCUT2D eigenvalue weighted by Gasteiger charge is 2.07. The first kappa shape index (κ1) is 12.6. The van der Waals surface area contributed by atoms with E-state index in [1.165, 1.54) is 0 Å². The minimum absolute atomic E-state index is 0.0698. The average molecular weight is 228 g/mol. The van der Waals surface area contributed by atoms with Crippen molar-refractivity contribution >= 4 is 5.97 Å². The van der Waals surface area contributed by atoms with Gasteiger partial charge in [0.15, 0.2) is 0 Å². The molecule has 0 heterocycles. The van der Waals surface area contributed by atoms with Crippen molar-refractivity contribution < 1.29 is 18.3 Å². The molecule has 0 N–H and O–H groups in total. The molecule has 88 valence electrons. The van der Waals surface area contributed by atoms with E-state index in [1.54, 1.807) is 0 Å². The maximum Gasteiger partial charge on any atom is 0.306 e. The minimum Gasteiger partial charge on any atom is -0.466 e. The van der Waals surface area contributed by atoms with Gasteiger partial charge in [-0.05, 0) is 36.6 Å². The maximum absolute atomic E-state index is 13.2. The van der Waals surface area contributed by atoms with Crippen LogP contribution >= 0.6 is 0 Å². The third-order valence-corrected chi connectivity index (χ3v) is 2.07. The highest BCUT2D eigenvalue weighted by Crippen LogP contribution is 2.12. The van der Waals surface area contributed by atoms with E-state index in [2.05, 4.69) is 0 Å². The van der Waals surface area contributed by atoms with E-state index in [9.17, 15) is 13.6 Å². The smallest absolute Gasteiger partial charge is 0.306 e. The van der Waals surface area contributed by atoms with Gasteiger partial charge in [-0.15, -0.1) is 0 Å². The summed E-state index contributed by atoms with van der Waals surface area (Å²) in [5.41, 5.74) is 0.202. The topological polar surface area (TPSA) is 26.3 Å². The Balaban J connectivity index is 2.47. The first-order valence-electron chi connectivity index (χ1n) is 5.23. The van der Waals surface area contributed by atoms with Crippen molar-refractivity contribution in [2.45, 2.75) is 26.2 Å². The lowest BCUT2D eigenvalue weighted by atomic mass is 10.1. The zero-order valence-corrected chi connectivity index (χ0v) is 9.13. The first-order valence-corrected chi connectivity index (χ1v) is 5.23. The van der Waals surface area contributed by atoms with Crippen molar-refractivity contribution in [1.82, 2.24) is 0 Å². The zero-order valence-electron chi connectivity index (χ0n) is 9.13. The first-order chi connectivity index (χ1) is 7.63. The fourth-order valence-corrected chi connectivity index (χ4v) is 1.26. The number of carbonyl (C=O) groups is 1. The van der Waals surface area contributed by atoms with Crippen molar-refractivity contribution in [2.75, 3.05) is 6.61 Å². The molecule has 0 radical (unpaired) electrons. The Morgan fingerprint density at radius 2 is 2.12 bits per heavy atom. The fourth-order valence-electron chi connectivity index (χ4n) is 1.26. The molecular weight excluding hydrogens is 214 g/mol. The number of rotatable bonds is 5. The molecule has 0 aromatic heterocycles. The van der Waals surface area contributed by atoms with Crippen LogP contribution in [-0.2, 0) is 16.0 Å². The van der Waals surface area contributed by atoms with Gasteiger partial charge in [-0.2, -0.15) is 0 Å². The molecule has 0 aliphatic carbocycles. The Labute approximate surface area is 93.2 Å². The second-order valence-corrected chi connectivity index (χ2v) is 3.46. The molecule has 0 fully saturated rings. The Morgan fingerprint density at radius 3 is 2.81 bits per heavy atom. The van der Waals surface area contributed by atoms with Gasteiger partial charge in [-0.25, -0.2) is 8.78 Å². The van der Waals surface area contributed by atoms with Crippen molar-refractivity contribution in [2.24, 2.45) is 0 Å². The molecule has 4 heteroatoms. The van der Waals surface area contributed by atoms with Crippen LogP contribution in [0, 0.1) is 11.6 Å². The van der Waals surface area contributed by atoms with Crippen LogP contribution in [0.1, 0.15) is 25.3 Å². The van der Waals surface area contributed by atoms with Crippen LogP contribution < -0.4 is 0 Å². The summed E-state index contributed by atoms with van der Waals surface area (Å²) >= 11 is 0. The lowest BCUT2D eigenvalue weighted by Gasteiger charge is -2.04. The molecule has 0 aliphatic rings. The van der Waals surface area contributed by atoms with Gasteiger partial charge in [0.25, 0.3) is 0 Å². The van der Waals surface area contributed by atoms with E-state index in [0.717, 1.165) is 24.6 Å². The van der Waals surface area contributed by atoms with Crippen molar-refractivity contribution in [3.05, 3.63) is 35.4 Å². The molecule has 0 amide bonds. The normalized spacial score (nSPS) is 10.2. The number of aryl methyl sites for hydroxylation is 1. The molecule has 1 rings (SSSR count). The number of hydrogen-bond donors (Lipinski definition) is 0. The third-order valence-electron chi connectivity index (χ3n) is 2.07. The molecule has 1 aromatic rings. The number of halogens is 2. The van der Waals surface area contributed by atoms with Crippen molar-refractivity contribution in [3.8, 4) is 0 Å². The van der Waals surface area contributed by atoms with Crippen LogP contribution in [0.3, 0.4) is 0 Å². The molecule has 0 saturated heterocycles. The van der Waals surface area contributed by atoms with Crippen LogP contribution in [0.4, 0.5) is 8.78 Å². The van der Waals surface area contributed by atoms with Crippen LogP contribution in [0.15, 0.2) is 18.2 Å². The summed E-state index contributed by atoms with van der Waals surface area (Å²) in [6.07, 6.45) is 0.979. The Bertz CT molecular complexity index is 364. The molecule has 0 spiro atoms. The predicted octanol–water partition coefficient (Wildman–Crippen LogP) is 2.85. The van der Waals surface area contributed by atoms with Gasteiger partial charge in [0.05, 0.1) is 6.61 Å². The molecule has 1 aromatic carbocycles. The standard InChI is InChI=1S/C12H14F2O2/c1-2-7-16-12(15)6-3-9-8-10(13)4-5-11(9)14/h4-5,8H,2-3,6-7H2,1H3. The predicted molar refractivity (Wildman–Crippen MR) is 55.9 cm³/mol. The van der Waals surface area contributed by atoms with Crippen LogP contribution in [-0.4, -0.2) is 12.6 Å². The molecule has 2 nitrogen and oxygen atoms in total. The second kappa shape index (κ2) is 6.20. The molecule has 0 saturated carbocycles. The molecule has 0 unspecified atom stereocenters. The highest BCUT2D eigenvalue weighted by atomic mass is 19.1. The van der Waals surface area contributed by atoms with Gasteiger partial charge in [-0.1, -0.05) is 6.92 Å². The lowest BCUT2D eigenvalue weighted by Crippen LogP contribution is -2.07. The third kappa shape index (κ3) is 3.96. The van der Waals surface area contributed by atoms with E-state index in [-0.39, 0.29) is 24.4 Å². The largest absolute Gasteiger partial charge is 0.466 e. The minimum atomic E-state index is -0.502. The van der Waals surface area contributed by atoms with Crippen LogP contribution in [0.5, 0.6) is 0 Å². The molecule has 0 aliphatic heterocycles. The Hall–Kier alpha value is -1.45.